The van der Waals surface area contributed by atoms with Crippen LogP contribution >= 0.6 is 0 Å². The van der Waals surface area contributed by atoms with Gasteiger partial charge in [-0.25, -0.2) is 8.78 Å². The topological polar surface area (TPSA) is 74.7 Å². The number of nitrogens with one attached hydrogen (secondary N) is 1. The second kappa shape index (κ2) is 9.74. The molecule has 1 spiro atoms. The van der Waals surface area contributed by atoms with Crippen LogP contribution in [-0.4, -0.2) is 46.0 Å². The Bertz CT molecular complexity index is 1410. The lowest BCUT2D eigenvalue weighted by molar-refractivity contribution is -0.139. The molecule has 1 saturated carbocycles. The van der Waals surface area contributed by atoms with E-state index in [-0.39, 0.29) is 24.9 Å². The van der Waals surface area contributed by atoms with Crippen molar-refractivity contribution in [1.29, 1.82) is 0 Å². The highest BCUT2D eigenvalue weighted by atomic mass is 19.1. The Kier molecular flexibility index (Phi) is 6.26. The van der Waals surface area contributed by atoms with Gasteiger partial charge in [0.2, 0.25) is 5.91 Å². The minimum absolute atomic E-state index is 0.0217. The molecule has 38 heavy (non-hydrogen) atoms. The Balaban J connectivity index is 1.18. The van der Waals surface area contributed by atoms with Crippen LogP contribution in [0, 0.1) is 11.6 Å². The van der Waals surface area contributed by atoms with E-state index in [9.17, 15) is 18.4 Å². The van der Waals surface area contributed by atoms with Crippen molar-refractivity contribution in [3.05, 3.63) is 94.8 Å². The van der Waals surface area contributed by atoms with Crippen molar-refractivity contribution in [2.45, 2.75) is 50.0 Å². The molecule has 1 aromatic heterocycles. The molecule has 1 aliphatic heterocycles. The number of nitrogens with zero attached hydrogens (tertiary/aromatic N) is 3. The summed E-state index contributed by atoms with van der Waals surface area (Å²) in [6, 6.07) is 13.2. The molecule has 194 valence electrons. The molecule has 3 aliphatic rings. The number of pyridine rings is 1. The van der Waals surface area contributed by atoms with Gasteiger partial charge in [0, 0.05) is 29.7 Å². The largest absolute Gasteiger partial charge is 0.325 e. The Hall–Kier alpha value is -3.94. The molecule has 1 unspecified atom stereocenters. The van der Waals surface area contributed by atoms with Gasteiger partial charge in [-0.1, -0.05) is 25.0 Å². The number of carbonyl (C=O) groups excluding carboxylic acids is 2. The van der Waals surface area contributed by atoms with Gasteiger partial charge >= 0.3 is 0 Å². The lowest BCUT2D eigenvalue weighted by Gasteiger charge is -2.37. The van der Waals surface area contributed by atoms with E-state index in [1.54, 1.807) is 6.20 Å². The lowest BCUT2D eigenvalue weighted by atomic mass is 9.92. The van der Waals surface area contributed by atoms with Gasteiger partial charge in [-0.3, -0.25) is 19.6 Å². The average Bonchev–Trinajstić information content (AvgIpc) is 3.54. The van der Waals surface area contributed by atoms with Gasteiger partial charge in [-0.05, 0) is 78.6 Å². The van der Waals surface area contributed by atoms with Crippen molar-refractivity contribution in [2.24, 2.45) is 4.99 Å². The van der Waals surface area contributed by atoms with Crippen LogP contribution in [0.4, 0.5) is 14.5 Å². The molecule has 0 radical (unpaired) electrons. The summed E-state index contributed by atoms with van der Waals surface area (Å²) in [4.78, 5) is 37.0. The van der Waals surface area contributed by atoms with Gasteiger partial charge in [-0.15, -0.1) is 0 Å². The van der Waals surface area contributed by atoms with Gasteiger partial charge in [0.15, 0.2) is 0 Å². The summed E-state index contributed by atoms with van der Waals surface area (Å²) in [5, 5.41) is 2.94. The van der Waals surface area contributed by atoms with Gasteiger partial charge < -0.3 is 10.2 Å². The van der Waals surface area contributed by atoms with Crippen LogP contribution < -0.4 is 5.32 Å². The number of halogens is 2. The van der Waals surface area contributed by atoms with Crippen LogP contribution in [-0.2, 0) is 22.4 Å². The van der Waals surface area contributed by atoms with Crippen molar-refractivity contribution in [1.82, 2.24) is 9.88 Å². The zero-order chi connectivity index (χ0) is 26.3. The number of amides is 2. The maximum Gasteiger partial charge on any atom is 0.251 e. The van der Waals surface area contributed by atoms with E-state index in [1.807, 2.05) is 30.5 Å². The number of hydrogen-bond donors (Lipinski definition) is 1. The Morgan fingerprint density at radius 3 is 2.53 bits per heavy atom. The van der Waals surface area contributed by atoms with Gasteiger partial charge in [-0.2, -0.15) is 0 Å². The first-order valence-corrected chi connectivity index (χ1v) is 13.0. The number of aliphatic imine (C=N–C) groups is 1. The fraction of sp³-hybridized carbons (Fsp3) is 0.333. The number of carbonyl (C=O) groups is 2. The first-order valence-electron chi connectivity index (χ1n) is 13.0. The summed E-state index contributed by atoms with van der Waals surface area (Å²) in [7, 11) is 0. The minimum Gasteiger partial charge on any atom is -0.325 e. The Labute approximate surface area is 219 Å². The predicted molar refractivity (Wildman–Crippen MR) is 140 cm³/mol. The van der Waals surface area contributed by atoms with Crippen LogP contribution in [0.25, 0.3) is 0 Å². The first kappa shape index (κ1) is 24.4. The SMILES string of the molecule is O=C(CN1CC(c2cc(F)cc(F)c2)=NC2(CCCC2)C1=O)Nc1ccc2c(c1)CC(c1cccnc1)C2. The molecule has 2 aliphatic carbocycles. The number of aromatic nitrogens is 1. The smallest absolute Gasteiger partial charge is 0.251 e. The third kappa shape index (κ3) is 4.71. The molecule has 2 heterocycles. The van der Waals surface area contributed by atoms with E-state index in [0.717, 1.165) is 31.7 Å². The summed E-state index contributed by atoms with van der Waals surface area (Å²) >= 11 is 0. The highest BCUT2D eigenvalue weighted by molar-refractivity contribution is 6.09. The Morgan fingerprint density at radius 2 is 1.79 bits per heavy atom. The van der Waals surface area contributed by atoms with E-state index in [0.29, 0.717) is 35.7 Å². The van der Waals surface area contributed by atoms with Crippen LogP contribution in [0.2, 0.25) is 0 Å². The molecule has 3 aromatic rings. The molecule has 2 aromatic carbocycles. The number of benzene rings is 2. The van der Waals surface area contributed by atoms with Gasteiger partial charge in [0.05, 0.1) is 12.3 Å². The molecule has 0 bridgehead atoms. The first-order chi connectivity index (χ1) is 18.4. The highest BCUT2D eigenvalue weighted by Crippen LogP contribution is 2.38. The van der Waals surface area contributed by atoms with Crippen molar-refractivity contribution in [3.8, 4) is 0 Å². The molecule has 1 N–H and O–H groups in total. The monoisotopic (exact) mass is 514 g/mol. The van der Waals surface area contributed by atoms with E-state index < -0.39 is 17.2 Å². The second-order valence-corrected chi connectivity index (χ2v) is 10.5. The highest BCUT2D eigenvalue weighted by Gasteiger charge is 2.47. The quantitative estimate of drug-likeness (QED) is 0.530. The fourth-order valence-corrected chi connectivity index (χ4v) is 6.10. The number of fused-ring (bicyclic) bond motifs is 1. The molecule has 0 saturated heterocycles. The maximum atomic E-state index is 14.0. The van der Waals surface area contributed by atoms with Crippen LogP contribution in [0.5, 0.6) is 0 Å². The van der Waals surface area contributed by atoms with Crippen molar-refractivity contribution < 1.29 is 18.4 Å². The average molecular weight is 515 g/mol. The zero-order valence-corrected chi connectivity index (χ0v) is 20.9. The number of anilines is 1. The van der Waals surface area contributed by atoms with Gasteiger partial charge in [0.25, 0.3) is 5.91 Å². The number of rotatable bonds is 5. The normalized spacial score (nSPS) is 19.9. The zero-order valence-electron chi connectivity index (χ0n) is 20.9. The molecular formula is C30H28F2N4O2. The summed E-state index contributed by atoms with van der Waals surface area (Å²) < 4.78 is 27.9. The van der Waals surface area contributed by atoms with E-state index in [4.69, 9.17) is 4.99 Å². The maximum absolute atomic E-state index is 14.0. The van der Waals surface area contributed by atoms with Crippen LogP contribution in [0.3, 0.4) is 0 Å². The van der Waals surface area contributed by atoms with Crippen molar-refractivity contribution in [2.75, 3.05) is 18.4 Å². The van der Waals surface area contributed by atoms with E-state index in [2.05, 4.69) is 16.4 Å². The van der Waals surface area contributed by atoms with E-state index in [1.165, 1.54) is 33.7 Å². The molecule has 8 heteroatoms. The standard InChI is InChI=1S/C30H28F2N4O2/c31-24-12-23(13-25(32)15-24)27-17-36(29(38)30(35-27)7-1-2-8-30)18-28(37)34-26-6-5-19-10-21(11-22(19)14-26)20-4-3-9-33-16-20/h3-6,9,12-16,21H,1-2,7-8,10-11,17-18H2,(H,34,37). The number of hydrogen-bond acceptors (Lipinski definition) is 4. The molecular weight excluding hydrogens is 486 g/mol. The van der Waals surface area contributed by atoms with Crippen LogP contribution in [0.1, 0.15) is 53.9 Å². The van der Waals surface area contributed by atoms with E-state index >= 15 is 0 Å². The third-order valence-electron chi connectivity index (χ3n) is 7.91. The molecule has 2 amide bonds. The van der Waals surface area contributed by atoms with Crippen molar-refractivity contribution >= 4 is 23.2 Å². The van der Waals surface area contributed by atoms with Gasteiger partial charge in [0.1, 0.15) is 23.7 Å². The Morgan fingerprint density at radius 1 is 1.03 bits per heavy atom. The summed E-state index contributed by atoms with van der Waals surface area (Å²) in [6.07, 6.45) is 8.30. The summed E-state index contributed by atoms with van der Waals surface area (Å²) in [5.74, 6) is -1.55. The molecule has 6 rings (SSSR count). The van der Waals surface area contributed by atoms with Crippen LogP contribution in [0.15, 0.2) is 65.9 Å². The second-order valence-electron chi connectivity index (χ2n) is 10.5. The minimum atomic E-state index is -0.967. The lowest BCUT2D eigenvalue weighted by Crippen LogP contribution is -2.54. The third-order valence-corrected chi connectivity index (χ3v) is 7.91. The fourth-order valence-electron chi connectivity index (χ4n) is 6.10. The summed E-state index contributed by atoms with van der Waals surface area (Å²) in [6.45, 7) is -0.138. The molecule has 1 fully saturated rings. The molecule has 1 atom stereocenters. The molecule has 6 nitrogen and oxygen atoms in total. The predicted octanol–water partition coefficient (Wildman–Crippen LogP) is 4.83. The summed E-state index contributed by atoms with van der Waals surface area (Å²) in [5.41, 5.74) is 4.10. The van der Waals surface area contributed by atoms with Crippen molar-refractivity contribution in [3.63, 3.8) is 0 Å².